The van der Waals surface area contributed by atoms with Gasteiger partial charge in [0.2, 0.25) is 6.79 Å². The fourth-order valence-electron chi connectivity index (χ4n) is 1.04. The smallest absolute Gasteiger partial charge is 0.231 e. The van der Waals surface area contributed by atoms with Crippen molar-refractivity contribution in [2.45, 2.75) is 4.90 Å². The van der Waals surface area contributed by atoms with E-state index in [0.717, 1.165) is 6.29 Å². The number of rotatable bonds is 1. The molecule has 4 heteroatoms. The molecule has 0 aromatic heterocycles. The van der Waals surface area contributed by atoms with Crippen molar-refractivity contribution in [3.8, 4) is 11.5 Å². The van der Waals surface area contributed by atoms with Gasteiger partial charge in [-0.05, 0) is 12.1 Å². The Morgan fingerprint density at radius 2 is 2.00 bits per heavy atom. The fourth-order valence-corrected chi connectivity index (χ4v) is 1.28. The van der Waals surface area contributed by atoms with Crippen molar-refractivity contribution < 1.29 is 14.3 Å². The van der Waals surface area contributed by atoms with Crippen molar-refractivity contribution in [1.29, 1.82) is 0 Å². The van der Waals surface area contributed by atoms with Crippen molar-refractivity contribution in [2.75, 3.05) is 6.79 Å². The summed E-state index contributed by atoms with van der Waals surface area (Å²) in [6, 6.07) is 3.30. The minimum absolute atomic E-state index is 0.213. The van der Waals surface area contributed by atoms with Gasteiger partial charge in [0.1, 0.15) is 0 Å². The first-order chi connectivity index (χ1) is 5.81. The summed E-state index contributed by atoms with van der Waals surface area (Å²) in [4.78, 5) is 11.1. The largest absolute Gasteiger partial charge is 0.454 e. The van der Waals surface area contributed by atoms with E-state index in [4.69, 9.17) is 9.47 Å². The Morgan fingerprint density at radius 3 is 2.67 bits per heavy atom. The van der Waals surface area contributed by atoms with Crippen LogP contribution < -0.4 is 9.47 Å². The molecule has 1 aliphatic rings. The first-order valence-electron chi connectivity index (χ1n) is 3.39. The maximum Gasteiger partial charge on any atom is 0.231 e. The first-order valence-corrected chi connectivity index (χ1v) is 3.84. The molecule has 0 saturated carbocycles. The van der Waals surface area contributed by atoms with Crippen LogP contribution >= 0.6 is 12.6 Å². The summed E-state index contributed by atoms with van der Waals surface area (Å²) in [5.74, 6) is 1.25. The summed E-state index contributed by atoms with van der Waals surface area (Å²) >= 11 is 4.11. The molecule has 0 aliphatic carbocycles. The average Bonchev–Trinajstić information content (AvgIpc) is 2.49. The number of aldehydes is 1. The molecule has 0 bridgehead atoms. The number of hydrogen-bond acceptors (Lipinski definition) is 4. The third-order valence-electron chi connectivity index (χ3n) is 1.65. The van der Waals surface area contributed by atoms with Gasteiger partial charge in [0, 0.05) is 10.5 Å². The van der Waals surface area contributed by atoms with E-state index in [1.807, 2.05) is 0 Å². The molecule has 2 rings (SSSR count). The Labute approximate surface area is 74.7 Å². The molecule has 1 aliphatic heterocycles. The van der Waals surface area contributed by atoms with E-state index in [1.165, 1.54) is 0 Å². The van der Waals surface area contributed by atoms with E-state index < -0.39 is 0 Å². The molecule has 62 valence electrons. The second-order valence-corrected chi connectivity index (χ2v) is 2.86. The molecule has 3 nitrogen and oxygen atoms in total. The van der Waals surface area contributed by atoms with Crippen molar-refractivity contribution >= 4 is 18.9 Å². The second-order valence-electron chi connectivity index (χ2n) is 2.38. The predicted molar refractivity (Wildman–Crippen MR) is 45.2 cm³/mol. The van der Waals surface area contributed by atoms with Crippen LogP contribution in [-0.4, -0.2) is 13.1 Å². The number of hydrogen-bond donors (Lipinski definition) is 1. The van der Waals surface area contributed by atoms with Gasteiger partial charge in [-0.2, -0.15) is 0 Å². The van der Waals surface area contributed by atoms with Crippen LogP contribution in [0.2, 0.25) is 0 Å². The van der Waals surface area contributed by atoms with E-state index in [-0.39, 0.29) is 6.79 Å². The highest BCUT2D eigenvalue weighted by molar-refractivity contribution is 7.80. The highest BCUT2D eigenvalue weighted by Crippen LogP contribution is 2.35. The van der Waals surface area contributed by atoms with E-state index in [9.17, 15) is 4.79 Å². The Balaban J connectivity index is 2.56. The van der Waals surface area contributed by atoms with Gasteiger partial charge in [-0.1, -0.05) is 0 Å². The van der Waals surface area contributed by atoms with E-state index >= 15 is 0 Å². The van der Waals surface area contributed by atoms with Gasteiger partial charge in [-0.25, -0.2) is 0 Å². The third-order valence-corrected chi connectivity index (χ3v) is 2.04. The van der Waals surface area contributed by atoms with Crippen LogP contribution in [0.15, 0.2) is 17.0 Å². The Morgan fingerprint density at radius 1 is 1.33 bits per heavy atom. The van der Waals surface area contributed by atoms with Crippen LogP contribution in [0.3, 0.4) is 0 Å². The van der Waals surface area contributed by atoms with E-state index in [2.05, 4.69) is 12.6 Å². The van der Waals surface area contributed by atoms with Gasteiger partial charge >= 0.3 is 0 Å². The summed E-state index contributed by atoms with van der Waals surface area (Å²) in [7, 11) is 0. The van der Waals surface area contributed by atoms with Crippen LogP contribution in [0.4, 0.5) is 0 Å². The van der Waals surface area contributed by atoms with Crippen molar-refractivity contribution in [3.05, 3.63) is 17.7 Å². The number of benzene rings is 1. The molecule has 1 heterocycles. The first kappa shape index (κ1) is 7.49. The lowest BCUT2D eigenvalue weighted by Crippen LogP contribution is -1.92. The zero-order chi connectivity index (χ0) is 8.55. The van der Waals surface area contributed by atoms with Gasteiger partial charge in [0.05, 0.1) is 0 Å². The zero-order valence-electron chi connectivity index (χ0n) is 6.11. The lowest BCUT2D eigenvalue weighted by Gasteiger charge is -1.99. The normalized spacial score (nSPS) is 13.1. The molecule has 1 aromatic carbocycles. The standard InChI is InChI=1S/C8H6O3S/c9-3-5-1-6-7(2-8(5)12)11-4-10-6/h1-3,12H,4H2. The van der Waals surface area contributed by atoms with E-state index in [0.29, 0.717) is 22.0 Å². The zero-order valence-corrected chi connectivity index (χ0v) is 7.01. The summed E-state index contributed by atoms with van der Waals surface area (Å²) in [6.45, 7) is 0.213. The van der Waals surface area contributed by atoms with Gasteiger partial charge in [-0.15, -0.1) is 12.6 Å². The molecule has 1 aromatic rings. The summed E-state index contributed by atoms with van der Waals surface area (Å²) in [5, 5.41) is 0. The van der Waals surface area contributed by atoms with Crippen LogP contribution in [0.1, 0.15) is 10.4 Å². The van der Waals surface area contributed by atoms with Gasteiger partial charge in [-0.3, -0.25) is 4.79 Å². The molecule has 0 atom stereocenters. The summed E-state index contributed by atoms with van der Waals surface area (Å²) < 4.78 is 10.2. The van der Waals surface area contributed by atoms with E-state index in [1.54, 1.807) is 12.1 Å². The van der Waals surface area contributed by atoms with Crippen molar-refractivity contribution in [1.82, 2.24) is 0 Å². The monoisotopic (exact) mass is 182 g/mol. The molecule has 12 heavy (non-hydrogen) atoms. The average molecular weight is 182 g/mol. The third kappa shape index (κ3) is 1.04. The van der Waals surface area contributed by atoms with Gasteiger partial charge < -0.3 is 9.47 Å². The Kier molecular flexibility index (Phi) is 1.69. The molecule has 0 N–H and O–H groups in total. The SMILES string of the molecule is O=Cc1cc2c(cc1S)OCO2. The quantitative estimate of drug-likeness (QED) is 0.528. The van der Waals surface area contributed by atoms with Gasteiger partial charge in [0.15, 0.2) is 17.8 Å². The van der Waals surface area contributed by atoms with Gasteiger partial charge in [0.25, 0.3) is 0 Å². The molecular formula is C8H6O3S. The molecular weight excluding hydrogens is 176 g/mol. The molecule has 0 saturated heterocycles. The fraction of sp³-hybridized carbons (Fsp3) is 0.125. The number of thiol groups is 1. The number of fused-ring (bicyclic) bond motifs is 1. The van der Waals surface area contributed by atoms with Crippen molar-refractivity contribution in [3.63, 3.8) is 0 Å². The molecule has 0 unspecified atom stereocenters. The minimum Gasteiger partial charge on any atom is -0.454 e. The molecule has 0 amide bonds. The van der Waals surface area contributed by atoms with Crippen LogP contribution in [0, 0.1) is 0 Å². The van der Waals surface area contributed by atoms with Crippen LogP contribution in [0.25, 0.3) is 0 Å². The lowest BCUT2D eigenvalue weighted by molar-refractivity contribution is 0.112. The van der Waals surface area contributed by atoms with Crippen molar-refractivity contribution in [2.24, 2.45) is 0 Å². The Hall–Kier alpha value is -1.16. The number of ether oxygens (including phenoxy) is 2. The Bertz CT molecular complexity index is 335. The predicted octanol–water partition coefficient (Wildman–Crippen LogP) is 1.52. The molecule has 0 fully saturated rings. The number of carbonyl (C=O) groups is 1. The molecule has 0 radical (unpaired) electrons. The highest BCUT2D eigenvalue weighted by atomic mass is 32.1. The maximum absolute atomic E-state index is 10.5. The topological polar surface area (TPSA) is 35.5 Å². The van der Waals surface area contributed by atoms with Crippen LogP contribution in [0.5, 0.6) is 11.5 Å². The number of carbonyl (C=O) groups excluding carboxylic acids is 1. The van der Waals surface area contributed by atoms with Crippen LogP contribution in [-0.2, 0) is 0 Å². The molecule has 0 spiro atoms. The highest BCUT2D eigenvalue weighted by Gasteiger charge is 2.15. The summed E-state index contributed by atoms with van der Waals surface area (Å²) in [5.41, 5.74) is 0.516. The maximum atomic E-state index is 10.5. The lowest BCUT2D eigenvalue weighted by atomic mass is 10.2. The second kappa shape index (κ2) is 2.71. The summed E-state index contributed by atoms with van der Waals surface area (Å²) in [6.07, 6.45) is 0.740. The minimum atomic E-state index is 0.213.